The molecule has 0 aliphatic carbocycles. The number of nitrogens with one attached hydrogen (secondary N) is 1. The molecule has 0 amide bonds. The van der Waals surface area contributed by atoms with Gasteiger partial charge in [0.25, 0.3) is 0 Å². The van der Waals surface area contributed by atoms with Gasteiger partial charge in [-0.15, -0.1) is 11.3 Å². The van der Waals surface area contributed by atoms with Gasteiger partial charge >= 0.3 is 0 Å². The fraction of sp³-hybridized carbons (Fsp3) is 0.316. The SMILES string of the molecule is CCN(CC)CCn1[nH]c2c3c(=O)ccc(O)c3sc3c(N)ccc1c32. The molecule has 0 radical (unpaired) electrons. The van der Waals surface area contributed by atoms with Crippen molar-refractivity contribution in [3.05, 3.63) is 34.5 Å². The van der Waals surface area contributed by atoms with E-state index in [1.54, 1.807) is 0 Å². The number of nitrogens with zero attached hydrogens (tertiary/aromatic N) is 2. The first-order valence-electron chi connectivity index (χ1n) is 8.82. The number of aromatic nitrogens is 2. The summed E-state index contributed by atoms with van der Waals surface area (Å²) in [7, 11) is 0. The van der Waals surface area contributed by atoms with Crippen LogP contribution in [0.2, 0.25) is 0 Å². The molecule has 136 valence electrons. The van der Waals surface area contributed by atoms with Gasteiger partial charge in [-0.3, -0.25) is 14.6 Å². The molecule has 0 spiro atoms. The van der Waals surface area contributed by atoms with Gasteiger partial charge in [-0.25, -0.2) is 0 Å². The van der Waals surface area contributed by atoms with Gasteiger partial charge in [-0.1, -0.05) is 13.8 Å². The number of anilines is 1. The first-order chi connectivity index (χ1) is 12.5. The number of hydrogen-bond donors (Lipinski definition) is 3. The standard InChI is InChI=1S/C19H22N4O2S/c1-3-22(4-2)9-10-23-12-6-5-11(20)18-15(12)17(21-23)16-13(24)7-8-14(25)19(16)26-18/h5-8,21,25H,3-4,9-10,20H2,1-2H3. The van der Waals surface area contributed by atoms with Gasteiger partial charge in [-0.2, -0.15) is 0 Å². The third-order valence-electron chi connectivity index (χ3n) is 5.04. The molecule has 2 aromatic carbocycles. The van der Waals surface area contributed by atoms with Gasteiger partial charge in [0.15, 0.2) is 5.43 Å². The Morgan fingerprint density at radius 3 is 2.65 bits per heavy atom. The molecule has 0 aliphatic heterocycles. The Balaban J connectivity index is 2.02. The zero-order valence-corrected chi connectivity index (χ0v) is 15.7. The molecule has 0 saturated carbocycles. The number of phenolic OH excluding ortho intramolecular Hbond substituents is 1. The number of benzene rings is 2. The normalized spacial score (nSPS) is 12.1. The number of nitrogen functional groups attached to an aromatic ring is 1. The van der Waals surface area contributed by atoms with Gasteiger partial charge in [0, 0.05) is 17.6 Å². The highest BCUT2D eigenvalue weighted by Gasteiger charge is 2.18. The number of H-pyrrole nitrogens is 1. The van der Waals surface area contributed by atoms with E-state index in [0.717, 1.165) is 47.3 Å². The number of fused-ring (bicyclic) bond motifs is 2. The van der Waals surface area contributed by atoms with E-state index in [1.165, 1.54) is 23.5 Å². The molecule has 6 nitrogen and oxygen atoms in total. The van der Waals surface area contributed by atoms with Crippen LogP contribution < -0.4 is 11.2 Å². The zero-order chi connectivity index (χ0) is 18.4. The molecule has 0 unspecified atom stereocenters. The Bertz CT molecular complexity index is 1170. The van der Waals surface area contributed by atoms with Crippen LogP contribution in [-0.2, 0) is 6.54 Å². The van der Waals surface area contributed by atoms with Crippen molar-refractivity contribution in [1.29, 1.82) is 0 Å². The minimum Gasteiger partial charge on any atom is -0.506 e. The van der Waals surface area contributed by atoms with Crippen LogP contribution in [0.5, 0.6) is 5.75 Å². The lowest BCUT2D eigenvalue weighted by molar-refractivity contribution is 0.287. The van der Waals surface area contributed by atoms with Gasteiger partial charge in [0.2, 0.25) is 0 Å². The maximum atomic E-state index is 12.5. The van der Waals surface area contributed by atoms with E-state index in [1.807, 2.05) is 12.1 Å². The van der Waals surface area contributed by atoms with Crippen molar-refractivity contribution in [3.63, 3.8) is 0 Å². The predicted molar refractivity (Wildman–Crippen MR) is 109 cm³/mol. The van der Waals surface area contributed by atoms with E-state index in [4.69, 9.17) is 5.73 Å². The molecule has 2 heterocycles. The highest BCUT2D eigenvalue weighted by molar-refractivity contribution is 7.25. The minimum absolute atomic E-state index is 0.0996. The maximum absolute atomic E-state index is 12.5. The molecule has 0 bridgehead atoms. The number of aromatic amines is 1. The average Bonchev–Trinajstić information content (AvgIpc) is 3.01. The van der Waals surface area contributed by atoms with Crippen LogP contribution >= 0.6 is 11.3 Å². The van der Waals surface area contributed by atoms with Crippen LogP contribution in [0.3, 0.4) is 0 Å². The Kier molecular flexibility index (Phi) is 4.13. The molecule has 2 aromatic heterocycles. The zero-order valence-electron chi connectivity index (χ0n) is 14.9. The van der Waals surface area contributed by atoms with Crippen molar-refractivity contribution >= 4 is 48.2 Å². The number of aromatic hydroxyl groups is 1. The molecular formula is C19H22N4O2S. The maximum Gasteiger partial charge on any atom is 0.189 e. The Hall–Kier alpha value is -2.51. The number of phenols is 1. The molecule has 7 heteroatoms. The quantitative estimate of drug-likeness (QED) is 0.371. The lowest BCUT2D eigenvalue weighted by atomic mass is 10.1. The lowest BCUT2D eigenvalue weighted by Crippen LogP contribution is -2.27. The lowest BCUT2D eigenvalue weighted by Gasteiger charge is -2.18. The van der Waals surface area contributed by atoms with Crippen molar-refractivity contribution < 1.29 is 5.11 Å². The fourth-order valence-electron chi connectivity index (χ4n) is 3.55. The van der Waals surface area contributed by atoms with Crippen molar-refractivity contribution in [2.45, 2.75) is 20.4 Å². The predicted octanol–water partition coefficient (Wildman–Crippen LogP) is 3.33. The molecule has 26 heavy (non-hydrogen) atoms. The highest BCUT2D eigenvalue weighted by Crippen LogP contribution is 2.41. The Morgan fingerprint density at radius 2 is 1.92 bits per heavy atom. The second kappa shape index (κ2) is 6.34. The van der Waals surface area contributed by atoms with Crippen LogP contribution in [0, 0.1) is 0 Å². The third-order valence-corrected chi connectivity index (χ3v) is 6.30. The van der Waals surface area contributed by atoms with Gasteiger partial charge < -0.3 is 15.7 Å². The third kappa shape index (κ3) is 2.47. The van der Waals surface area contributed by atoms with Crippen LogP contribution in [0.4, 0.5) is 5.69 Å². The molecular weight excluding hydrogens is 348 g/mol. The number of rotatable bonds is 5. The Labute approximate surface area is 154 Å². The first kappa shape index (κ1) is 16.9. The van der Waals surface area contributed by atoms with E-state index in [0.29, 0.717) is 15.8 Å². The average molecular weight is 370 g/mol. The van der Waals surface area contributed by atoms with E-state index in [9.17, 15) is 9.90 Å². The molecule has 4 N–H and O–H groups in total. The van der Waals surface area contributed by atoms with Crippen LogP contribution in [0.15, 0.2) is 29.1 Å². The summed E-state index contributed by atoms with van der Waals surface area (Å²) >= 11 is 1.37. The molecule has 0 saturated heterocycles. The summed E-state index contributed by atoms with van der Waals surface area (Å²) < 4.78 is 3.54. The topological polar surface area (TPSA) is 87.3 Å². The van der Waals surface area contributed by atoms with Crippen molar-refractivity contribution in [3.8, 4) is 5.75 Å². The van der Waals surface area contributed by atoms with Crippen molar-refractivity contribution in [1.82, 2.24) is 14.7 Å². The second-order valence-electron chi connectivity index (χ2n) is 6.43. The summed E-state index contributed by atoms with van der Waals surface area (Å²) in [4.78, 5) is 14.9. The summed E-state index contributed by atoms with van der Waals surface area (Å²) in [6, 6.07) is 6.75. The van der Waals surface area contributed by atoms with Gasteiger partial charge in [0.05, 0.1) is 32.4 Å². The summed E-state index contributed by atoms with van der Waals surface area (Å²) in [6.07, 6.45) is 0. The summed E-state index contributed by atoms with van der Waals surface area (Å²) in [5, 5.41) is 15.2. The fourth-order valence-corrected chi connectivity index (χ4v) is 4.73. The number of likely N-dealkylation sites (N-methyl/N-ethyl adjacent to an activating group) is 1. The number of nitrogens with two attached hydrogens (primary N) is 1. The highest BCUT2D eigenvalue weighted by atomic mass is 32.1. The molecule has 0 aliphatic rings. The summed E-state index contributed by atoms with van der Waals surface area (Å²) in [5.41, 5.74) is 8.53. The molecule has 0 fully saturated rings. The Morgan fingerprint density at radius 1 is 1.15 bits per heavy atom. The minimum atomic E-state index is -0.0996. The van der Waals surface area contributed by atoms with E-state index in [2.05, 4.69) is 28.5 Å². The second-order valence-corrected chi connectivity index (χ2v) is 7.45. The van der Waals surface area contributed by atoms with Crippen LogP contribution in [0.25, 0.3) is 31.2 Å². The van der Waals surface area contributed by atoms with E-state index >= 15 is 0 Å². The van der Waals surface area contributed by atoms with Gasteiger partial charge in [-0.05, 0) is 37.4 Å². The van der Waals surface area contributed by atoms with E-state index < -0.39 is 0 Å². The van der Waals surface area contributed by atoms with Gasteiger partial charge in [0.1, 0.15) is 5.75 Å². The number of hydrogen-bond acceptors (Lipinski definition) is 5. The first-order valence-corrected chi connectivity index (χ1v) is 9.64. The van der Waals surface area contributed by atoms with E-state index in [-0.39, 0.29) is 11.2 Å². The van der Waals surface area contributed by atoms with Crippen molar-refractivity contribution in [2.24, 2.45) is 0 Å². The largest absolute Gasteiger partial charge is 0.506 e. The summed E-state index contributed by atoms with van der Waals surface area (Å²) in [5.74, 6) is 0.107. The molecule has 0 atom stereocenters. The van der Waals surface area contributed by atoms with Crippen LogP contribution in [-0.4, -0.2) is 39.4 Å². The molecule has 4 rings (SSSR count). The van der Waals surface area contributed by atoms with Crippen molar-refractivity contribution in [2.75, 3.05) is 25.4 Å². The smallest absolute Gasteiger partial charge is 0.189 e. The molecule has 4 aromatic rings. The monoisotopic (exact) mass is 370 g/mol. The van der Waals surface area contributed by atoms with Crippen LogP contribution in [0.1, 0.15) is 13.8 Å². The summed E-state index contributed by atoms with van der Waals surface area (Å²) in [6.45, 7) is 8.00.